The van der Waals surface area contributed by atoms with Crippen LogP contribution in [0, 0.1) is 0 Å². The molecule has 0 saturated carbocycles. The van der Waals surface area contributed by atoms with Gasteiger partial charge in [0.05, 0.1) is 5.03 Å². The second kappa shape index (κ2) is 4.94. The Morgan fingerprint density at radius 3 is 2.16 bits per heavy atom. The standard InChI is InChI=1S/C16H13NOS/c1-12-17(14-10-6-3-7-11-14)16(18)15(19-12)13-8-4-2-5-9-13/h2-11,15H,1H2. The Kier molecular flexibility index (Phi) is 3.13. The van der Waals surface area contributed by atoms with Gasteiger partial charge in [0, 0.05) is 5.69 Å². The summed E-state index contributed by atoms with van der Waals surface area (Å²) in [5, 5.41) is 0.596. The molecule has 0 aromatic heterocycles. The summed E-state index contributed by atoms with van der Waals surface area (Å²) < 4.78 is 0. The van der Waals surface area contributed by atoms with E-state index in [4.69, 9.17) is 0 Å². The van der Waals surface area contributed by atoms with Crippen molar-refractivity contribution < 1.29 is 4.79 Å². The number of benzene rings is 2. The molecule has 2 aromatic rings. The third-order valence-corrected chi connectivity index (χ3v) is 4.23. The Morgan fingerprint density at radius 1 is 0.947 bits per heavy atom. The van der Waals surface area contributed by atoms with E-state index in [1.165, 1.54) is 11.8 Å². The fourth-order valence-electron chi connectivity index (χ4n) is 2.17. The van der Waals surface area contributed by atoms with Gasteiger partial charge in [-0.05, 0) is 17.7 Å². The minimum absolute atomic E-state index is 0.0763. The first-order valence-electron chi connectivity index (χ1n) is 6.07. The average molecular weight is 267 g/mol. The van der Waals surface area contributed by atoms with Crippen molar-refractivity contribution in [2.24, 2.45) is 0 Å². The minimum Gasteiger partial charge on any atom is -0.274 e. The molecule has 19 heavy (non-hydrogen) atoms. The molecular weight excluding hydrogens is 254 g/mol. The van der Waals surface area contributed by atoms with E-state index < -0.39 is 0 Å². The summed E-state index contributed by atoms with van der Waals surface area (Å²) in [6.45, 7) is 4.01. The second-order valence-corrected chi connectivity index (χ2v) is 5.49. The molecule has 1 unspecified atom stereocenters. The zero-order valence-corrected chi connectivity index (χ0v) is 11.1. The topological polar surface area (TPSA) is 20.3 Å². The van der Waals surface area contributed by atoms with Crippen molar-refractivity contribution >= 4 is 23.4 Å². The average Bonchev–Trinajstić information content (AvgIpc) is 2.76. The molecule has 2 nitrogen and oxygen atoms in total. The first kappa shape index (κ1) is 12.1. The molecule has 0 aliphatic carbocycles. The molecule has 0 bridgehead atoms. The molecule has 3 heteroatoms. The molecule has 1 saturated heterocycles. The van der Waals surface area contributed by atoms with Gasteiger partial charge < -0.3 is 0 Å². The van der Waals surface area contributed by atoms with E-state index in [2.05, 4.69) is 6.58 Å². The number of amides is 1. The normalized spacial score (nSPS) is 18.9. The van der Waals surface area contributed by atoms with Crippen molar-refractivity contribution in [3.8, 4) is 0 Å². The molecule has 1 aliphatic heterocycles. The van der Waals surface area contributed by atoms with E-state index in [0.29, 0.717) is 0 Å². The highest BCUT2D eigenvalue weighted by molar-refractivity contribution is 8.04. The van der Waals surface area contributed by atoms with Crippen molar-refractivity contribution in [1.82, 2.24) is 0 Å². The quantitative estimate of drug-likeness (QED) is 0.820. The molecule has 0 radical (unpaired) electrons. The summed E-state index contributed by atoms with van der Waals surface area (Å²) in [6.07, 6.45) is 0. The summed E-state index contributed by atoms with van der Waals surface area (Å²) in [6, 6.07) is 19.5. The lowest BCUT2D eigenvalue weighted by atomic mass is 10.1. The Balaban J connectivity index is 1.94. The van der Waals surface area contributed by atoms with Gasteiger partial charge in [-0.2, -0.15) is 0 Å². The molecule has 0 N–H and O–H groups in total. The van der Waals surface area contributed by atoms with Gasteiger partial charge in [-0.25, -0.2) is 0 Å². The zero-order valence-electron chi connectivity index (χ0n) is 10.3. The number of thioether (sulfide) groups is 1. The van der Waals surface area contributed by atoms with E-state index in [0.717, 1.165) is 16.3 Å². The van der Waals surface area contributed by atoms with Gasteiger partial charge in [-0.3, -0.25) is 9.69 Å². The van der Waals surface area contributed by atoms with Gasteiger partial charge in [0.15, 0.2) is 0 Å². The van der Waals surface area contributed by atoms with Crippen molar-refractivity contribution in [1.29, 1.82) is 0 Å². The minimum atomic E-state index is -0.186. The largest absolute Gasteiger partial charge is 0.274 e. The third-order valence-electron chi connectivity index (χ3n) is 3.06. The SMILES string of the molecule is C=C1SC(c2ccccc2)C(=O)N1c1ccccc1. The van der Waals surface area contributed by atoms with Gasteiger partial charge in [-0.1, -0.05) is 66.9 Å². The molecule has 1 heterocycles. The van der Waals surface area contributed by atoms with Gasteiger partial charge in [-0.15, -0.1) is 0 Å². The van der Waals surface area contributed by atoms with Crippen LogP contribution < -0.4 is 4.90 Å². The molecule has 1 fully saturated rings. The number of hydrogen-bond acceptors (Lipinski definition) is 2. The van der Waals surface area contributed by atoms with Crippen LogP contribution in [0.2, 0.25) is 0 Å². The van der Waals surface area contributed by atoms with Crippen LogP contribution in [0.1, 0.15) is 10.8 Å². The molecule has 0 spiro atoms. The van der Waals surface area contributed by atoms with Crippen molar-refractivity contribution in [2.45, 2.75) is 5.25 Å². The van der Waals surface area contributed by atoms with Crippen molar-refractivity contribution in [3.05, 3.63) is 77.8 Å². The number of carbonyl (C=O) groups excluding carboxylic acids is 1. The smallest absolute Gasteiger partial charge is 0.249 e. The molecule has 1 atom stereocenters. The second-order valence-electron chi connectivity index (χ2n) is 4.31. The molecule has 3 rings (SSSR count). The molecule has 1 aliphatic rings. The highest BCUT2D eigenvalue weighted by atomic mass is 32.2. The van der Waals surface area contributed by atoms with Gasteiger partial charge in [0.25, 0.3) is 0 Å². The van der Waals surface area contributed by atoms with E-state index in [1.807, 2.05) is 60.7 Å². The first-order chi connectivity index (χ1) is 9.27. The summed E-state index contributed by atoms with van der Waals surface area (Å²) >= 11 is 1.51. The molecular formula is C16H13NOS. The van der Waals surface area contributed by atoms with Crippen LogP contribution in [-0.4, -0.2) is 5.91 Å². The van der Waals surface area contributed by atoms with E-state index >= 15 is 0 Å². The van der Waals surface area contributed by atoms with Crippen molar-refractivity contribution in [3.63, 3.8) is 0 Å². The van der Waals surface area contributed by atoms with Crippen LogP contribution in [0.15, 0.2) is 72.3 Å². The van der Waals surface area contributed by atoms with Crippen LogP contribution in [-0.2, 0) is 4.79 Å². The lowest BCUT2D eigenvalue weighted by Crippen LogP contribution is -2.24. The van der Waals surface area contributed by atoms with Crippen LogP contribution in [0.3, 0.4) is 0 Å². The third kappa shape index (κ3) is 2.17. The van der Waals surface area contributed by atoms with Crippen LogP contribution in [0.4, 0.5) is 5.69 Å². The maximum atomic E-state index is 12.6. The number of hydrogen-bond donors (Lipinski definition) is 0. The number of carbonyl (C=O) groups is 1. The summed E-state index contributed by atoms with van der Waals surface area (Å²) in [4.78, 5) is 14.3. The van der Waals surface area contributed by atoms with E-state index in [1.54, 1.807) is 4.90 Å². The number of para-hydroxylation sites is 1. The first-order valence-corrected chi connectivity index (χ1v) is 6.95. The maximum Gasteiger partial charge on any atom is 0.249 e. The summed E-state index contributed by atoms with van der Waals surface area (Å²) in [5.41, 5.74) is 1.90. The summed E-state index contributed by atoms with van der Waals surface area (Å²) in [7, 11) is 0. The Hall–Kier alpha value is -2.00. The maximum absolute atomic E-state index is 12.6. The Labute approximate surface area is 116 Å². The fourth-order valence-corrected chi connectivity index (χ4v) is 3.24. The van der Waals surface area contributed by atoms with Crippen LogP contribution in [0.5, 0.6) is 0 Å². The Bertz CT molecular complexity index is 609. The number of rotatable bonds is 2. The van der Waals surface area contributed by atoms with Gasteiger partial charge in [0.2, 0.25) is 5.91 Å². The van der Waals surface area contributed by atoms with Crippen LogP contribution >= 0.6 is 11.8 Å². The monoisotopic (exact) mass is 267 g/mol. The zero-order chi connectivity index (χ0) is 13.2. The number of nitrogens with zero attached hydrogens (tertiary/aromatic N) is 1. The fraction of sp³-hybridized carbons (Fsp3) is 0.0625. The highest BCUT2D eigenvalue weighted by Crippen LogP contribution is 2.45. The van der Waals surface area contributed by atoms with Crippen LogP contribution in [0.25, 0.3) is 0 Å². The van der Waals surface area contributed by atoms with Crippen molar-refractivity contribution in [2.75, 3.05) is 4.90 Å². The molecule has 2 aromatic carbocycles. The Morgan fingerprint density at radius 2 is 1.53 bits per heavy atom. The predicted octanol–water partition coefficient (Wildman–Crippen LogP) is 3.98. The highest BCUT2D eigenvalue weighted by Gasteiger charge is 2.37. The lowest BCUT2D eigenvalue weighted by Gasteiger charge is -2.16. The molecule has 1 amide bonds. The van der Waals surface area contributed by atoms with E-state index in [9.17, 15) is 4.79 Å². The summed E-state index contributed by atoms with van der Waals surface area (Å²) in [5.74, 6) is 0.0763. The lowest BCUT2D eigenvalue weighted by molar-refractivity contribution is -0.117. The number of anilines is 1. The molecule has 94 valence electrons. The van der Waals surface area contributed by atoms with Gasteiger partial charge in [0.1, 0.15) is 5.25 Å². The van der Waals surface area contributed by atoms with E-state index in [-0.39, 0.29) is 11.2 Å². The predicted molar refractivity (Wildman–Crippen MR) is 79.8 cm³/mol. The van der Waals surface area contributed by atoms with Gasteiger partial charge >= 0.3 is 0 Å².